The van der Waals surface area contributed by atoms with Crippen molar-refractivity contribution in [1.29, 1.82) is 0 Å². The van der Waals surface area contributed by atoms with Gasteiger partial charge in [0.15, 0.2) is 0 Å². The van der Waals surface area contributed by atoms with Gasteiger partial charge >= 0.3 is 0 Å². The predicted molar refractivity (Wildman–Crippen MR) is 82.2 cm³/mol. The number of hydrogen-bond donors (Lipinski definition) is 3. The van der Waals surface area contributed by atoms with E-state index in [9.17, 15) is 18.0 Å². The first-order chi connectivity index (χ1) is 9.81. The van der Waals surface area contributed by atoms with Crippen LogP contribution in [0.5, 0.6) is 0 Å². The van der Waals surface area contributed by atoms with E-state index >= 15 is 0 Å². The Morgan fingerprint density at radius 1 is 0.857 bits per heavy atom. The van der Waals surface area contributed by atoms with Gasteiger partial charge in [0.05, 0.1) is 6.26 Å². The van der Waals surface area contributed by atoms with Crippen LogP contribution < -0.4 is 15.4 Å². The summed E-state index contributed by atoms with van der Waals surface area (Å²) >= 11 is 0. The first-order valence-electron chi connectivity index (χ1n) is 7.27. The number of sulfonamides is 1. The van der Waals surface area contributed by atoms with Crippen LogP contribution in [0.15, 0.2) is 0 Å². The summed E-state index contributed by atoms with van der Waals surface area (Å²) in [4.78, 5) is 22.1. The van der Waals surface area contributed by atoms with E-state index in [0.717, 1.165) is 38.4 Å². The quantitative estimate of drug-likeness (QED) is 0.444. The molecule has 0 aromatic rings. The van der Waals surface area contributed by atoms with Gasteiger partial charge in [-0.2, -0.15) is 0 Å². The molecule has 8 heteroatoms. The van der Waals surface area contributed by atoms with Crippen molar-refractivity contribution in [2.75, 3.05) is 25.9 Å². The Morgan fingerprint density at radius 3 is 2.00 bits per heavy atom. The van der Waals surface area contributed by atoms with Gasteiger partial charge in [-0.15, -0.1) is 0 Å². The molecular weight excluding hydrogens is 294 g/mol. The summed E-state index contributed by atoms with van der Waals surface area (Å²) < 4.78 is 24.0. The minimum absolute atomic E-state index is 0.0191. The van der Waals surface area contributed by atoms with Crippen LogP contribution in [-0.4, -0.2) is 46.1 Å². The average molecular weight is 321 g/mol. The van der Waals surface area contributed by atoms with Crippen molar-refractivity contribution in [3.63, 3.8) is 0 Å². The molecule has 0 spiro atoms. The lowest BCUT2D eigenvalue weighted by Gasteiger charge is -2.06. The van der Waals surface area contributed by atoms with Crippen molar-refractivity contribution in [2.24, 2.45) is 0 Å². The molecule has 0 atom stereocenters. The van der Waals surface area contributed by atoms with Crippen molar-refractivity contribution in [3.05, 3.63) is 0 Å². The van der Waals surface area contributed by atoms with Crippen molar-refractivity contribution in [2.45, 2.75) is 45.4 Å². The molecule has 3 N–H and O–H groups in total. The van der Waals surface area contributed by atoms with Crippen molar-refractivity contribution < 1.29 is 18.0 Å². The highest BCUT2D eigenvalue weighted by atomic mass is 32.2. The van der Waals surface area contributed by atoms with Crippen LogP contribution in [0.1, 0.15) is 45.4 Å². The number of hydrogen-bond acceptors (Lipinski definition) is 4. The fraction of sp³-hybridized carbons (Fsp3) is 0.846. The molecule has 0 rings (SSSR count). The Balaban J connectivity index is 3.33. The van der Waals surface area contributed by atoms with Crippen LogP contribution >= 0.6 is 0 Å². The van der Waals surface area contributed by atoms with E-state index in [0.29, 0.717) is 26.1 Å². The third-order valence-corrected chi connectivity index (χ3v) is 3.47. The monoisotopic (exact) mass is 321 g/mol. The molecule has 0 radical (unpaired) electrons. The fourth-order valence-corrected chi connectivity index (χ4v) is 2.19. The Hall–Kier alpha value is -1.15. The highest BCUT2D eigenvalue weighted by molar-refractivity contribution is 7.88. The van der Waals surface area contributed by atoms with E-state index in [-0.39, 0.29) is 11.8 Å². The second-order valence-corrected chi connectivity index (χ2v) is 6.85. The van der Waals surface area contributed by atoms with E-state index in [1.54, 1.807) is 0 Å². The maximum atomic E-state index is 11.5. The minimum Gasteiger partial charge on any atom is -0.356 e. The van der Waals surface area contributed by atoms with Gasteiger partial charge in [-0.1, -0.05) is 6.42 Å². The maximum absolute atomic E-state index is 11.5. The molecule has 0 aromatic carbocycles. The smallest absolute Gasteiger partial charge is 0.219 e. The van der Waals surface area contributed by atoms with E-state index < -0.39 is 10.0 Å². The Labute approximate surface area is 127 Å². The first-order valence-corrected chi connectivity index (χ1v) is 9.16. The van der Waals surface area contributed by atoms with Crippen LogP contribution in [-0.2, 0) is 19.6 Å². The molecule has 0 bridgehead atoms. The van der Waals surface area contributed by atoms with Gasteiger partial charge in [0.2, 0.25) is 21.8 Å². The topological polar surface area (TPSA) is 104 Å². The van der Waals surface area contributed by atoms with Gasteiger partial charge in [-0.3, -0.25) is 9.59 Å². The molecule has 0 aliphatic carbocycles. The largest absolute Gasteiger partial charge is 0.356 e. The normalized spacial score (nSPS) is 11.1. The van der Waals surface area contributed by atoms with Crippen LogP contribution in [0.25, 0.3) is 0 Å². The van der Waals surface area contributed by atoms with E-state index in [2.05, 4.69) is 15.4 Å². The average Bonchev–Trinajstić information content (AvgIpc) is 2.36. The number of rotatable bonds is 12. The summed E-state index contributed by atoms with van der Waals surface area (Å²) in [6.45, 7) is 3.16. The van der Waals surface area contributed by atoms with E-state index in [1.165, 1.54) is 6.92 Å². The lowest BCUT2D eigenvalue weighted by molar-refractivity contribution is -0.121. The summed E-state index contributed by atoms with van der Waals surface area (Å²) in [5, 5.41) is 5.52. The molecule has 0 heterocycles. The lowest BCUT2D eigenvalue weighted by Crippen LogP contribution is -2.26. The zero-order chi connectivity index (χ0) is 16.1. The summed E-state index contributed by atoms with van der Waals surface area (Å²) in [7, 11) is -3.11. The van der Waals surface area contributed by atoms with E-state index in [1.807, 2.05) is 0 Å². The fourth-order valence-electron chi connectivity index (χ4n) is 1.68. The number of unbranched alkanes of at least 4 members (excludes halogenated alkanes) is 3. The molecule has 0 saturated carbocycles. The predicted octanol–water partition coefficient (Wildman–Crippen LogP) is 0.129. The summed E-state index contributed by atoms with van der Waals surface area (Å²) in [5.41, 5.74) is 0. The van der Waals surface area contributed by atoms with Gasteiger partial charge < -0.3 is 10.6 Å². The molecule has 0 fully saturated rings. The third kappa shape index (κ3) is 16.8. The molecule has 0 saturated heterocycles. The van der Waals surface area contributed by atoms with Crippen LogP contribution in [0, 0.1) is 0 Å². The number of nitrogens with one attached hydrogen (secondary N) is 3. The summed E-state index contributed by atoms with van der Waals surface area (Å²) in [6.07, 6.45) is 5.58. The first kappa shape index (κ1) is 19.9. The lowest BCUT2D eigenvalue weighted by atomic mass is 10.2. The standard InChI is InChI=1S/C13H27N3O4S/c1-12(17)14-9-6-7-10-15-13(18)8-4-3-5-11-16-21(2,19)20/h16H,3-11H2,1-2H3,(H,14,17)(H,15,18). The van der Waals surface area contributed by atoms with Crippen molar-refractivity contribution >= 4 is 21.8 Å². The van der Waals surface area contributed by atoms with Gasteiger partial charge in [0, 0.05) is 33.0 Å². The molecule has 0 unspecified atom stereocenters. The van der Waals surface area contributed by atoms with Crippen molar-refractivity contribution in [1.82, 2.24) is 15.4 Å². The molecule has 0 aromatic heterocycles. The second-order valence-electron chi connectivity index (χ2n) is 5.02. The second kappa shape index (κ2) is 11.5. The zero-order valence-electron chi connectivity index (χ0n) is 12.9. The Morgan fingerprint density at radius 2 is 1.43 bits per heavy atom. The molecule has 2 amide bonds. The highest BCUT2D eigenvalue weighted by Gasteiger charge is 2.02. The maximum Gasteiger partial charge on any atom is 0.219 e. The third-order valence-electron chi connectivity index (χ3n) is 2.74. The van der Waals surface area contributed by atoms with Crippen LogP contribution in [0.3, 0.4) is 0 Å². The molecular formula is C13H27N3O4S. The molecule has 0 aliphatic rings. The molecule has 0 aliphatic heterocycles. The van der Waals surface area contributed by atoms with Gasteiger partial charge in [0.1, 0.15) is 0 Å². The Kier molecular flexibility index (Phi) is 10.9. The van der Waals surface area contributed by atoms with E-state index in [4.69, 9.17) is 0 Å². The highest BCUT2D eigenvalue weighted by Crippen LogP contribution is 1.99. The number of amides is 2. The number of carbonyl (C=O) groups excluding carboxylic acids is 2. The van der Waals surface area contributed by atoms with Crippen LogP contribution in [0.2, 0.25) is 0 Å². The molecule has 124 valence electrons. The SMILES string of the molecule is CC(=O)NCCCCNC(=O)CCCCCNS(C)(=O)=O. The Bertz CT molecular complexity index is 410. The molecule has 7 nitrogen and oxygen atoms in total. The van der Waals surface area contributed by atoms with Gasteiger partial charge in [-0.05, 0) is 25.7 Å². The molecule has 21 heavy (non-hydrogen) atoms. The summed E-state index contributed by atoms with van der Waals surface area (Å²) in [6, 6.07) is 0. The summed E-state index contributed by atoms with van der Waals surface area (Å²) in [5.74, 6) is -0.0185. The van der Waals surface area contributed by atoms with Gasteiger partial charge in [-0.25, -0.2) is 13.1 Å². The van der Waals surface area contributed by atoms with Crippen molar-refractivity contribution in [3.8, 4) is 0 Å². The number of carbonyl (C=O) groups is 2. The zero-order valence-corrected chi connectivity index (χ0v) is 13.7. The van der Waals surface area contributed by atoms with Gasteiger partial charge in [0.25, 0.3) is 0 Å². The van der Waals surface area contributed by atoms with Crippen LogP contribution in [0.4, 0.5) is 0 Å². The minimum atomic E-state index is -3.11.